The Bertz CT molecular complexity index is 632. The summed E-state index contributed by atoms with van der Waals surface area (Å²) in [5.41, 5.74) is 7.74. The smallest absolute Gasteiger partial charge is 0.150 e. The van der Waals surface area contributed by atoms with Gasteiger partial charge in [0, 0.05) is 0 Å². The first-order chi connectivity index (χ1) is 9.15. The van der Waals surface area contributed by atoms with Gasteiger partial charge in [-0.1, -0.05) is 17.7 Å². The molecule has 0 radical (unpaired) electrons. The van der Waals surface area contributed by atoms with E-state index in [1.807, 2.05) is 0 Å². The number of halogens is 2. The number of anilines is 2. The Balaban J connectivity index is 1.89. The monoisotopic (exact) mass is 278 g/mol. The lowest BCUT2D eigenvalue weighted by molar-refractivity contribution is 0.626. The van der Waals surface area contributed by atoms with Gasteiger partial charge in [0.25, 0.3) is 0 Å². The summed E-state index contributed by atoms with van der Waals surface area (Å²) < 4.78 is 13.2. The SMILES string of the molecule is Nc1ncnc(NC2CCc3cc(F)ccc32)c1Cl. The molecule has 1 aliphatic rings. The second-order valence-corrected chi connectivity index (χ2v) is 4.88. The topological polar surface area (TPSA) is 63.8 Å². The van der Waals surface area contributed by atoms with Crippen molar-refractivity contribution in [2.24, 2.45) is 0 Å². The maximum atomic E-state index is 13.2. The van der Waals surface area contributed by atoms with E-state index in [0.717, 1.165) is 24.0 Å². The van der Waals surface area contributed by atoms with E-state index in [1.54, 1.807) is 12.1 Å². The summed E-state index contributed by atoms with van der Waals surface area (Å²) in [6.07, 6.45) is 3.08. The molecule has 0 amide bonds. The average Bonchev–Trinajstić information content (AvgIpc) is 2.77. The van der Waals surface area contributed by atoms with E-state index in [1.165, 1.54) is 12.4 Å². The van der Waals surface area contributed by atoms with Gasteiger partial charge in [-0.05, 0) is 36.1 Å². The molecule has 19 heavy (non-hydrogen) atoms. The highest BCUT2D eigenvalue weighted by Gasteiger charge is 2.24. The summed E-state index contributed by atoms with van der Waals surface area (Å²) in [6, 6.07) is 4.91. The molecule has 1 atom stereocenters. The number of nitrogens with zero attached hydrogens (tertiary/aromatic N) is 2. The summed E-state index contributed by atoms with van der Waals surface area (Å²) >= 11 is 6.05. The van der Waals surface area contributed by atoms with E-state index in [2.05, 4.69) is 15.3 Å². The summed E-state index contributed by atoms with van der Waals surface area (Å²) in [5.74, 6) is 0.552. The second kappa shape index (κ2) is 4.66. The maximum absolute atomic E-state index is 13.2. The van der Waals surface area contributed by atoms with Gasteiger partial charge < -0.3 is 11.1 Å². The van der Waals surface area contributed by atoms with E-state index >= 15 is 0 Å². The van der Waals surface area contributed by atoms with E-state index < -0.39 is 0 Å². The molecule has 98 valence electrons. The molecule has 0 aliphatic heterocycles. The lowest BCUT2D eigenvalue weighted by atomic mass is 10.1. The molecule has 1 unspecified atom stereocenters. The molecule has 1 aliphatic carbocycles. The van der Waals surface area contributed by atoms with Crippen molar-refractivity contribution in [1.29, 1.82) is 0 Å². The highest BCUT2D eigenvalue weighted by Crippen LogP contribution is 2.35. The van der Waals surface area contributed by atoms with Crippen molar-refractivity contribution in [3.05, 3.63) is 46.5 Å². The Morgan fingerprint density at radius 2 is 2.21 bits per heavy atom. The standard InChI is InChI=1S/C13H12ClFN4/c14-11-12(16)17-6-18-13(11)19-10-4-1-7-5-8(15)2-3-9(7)10/h2-3,5-6,10H,1,4H2,(H3,16,17,18,19). The summed E-state index contributed by atoms with van der Waals surface area (Å²) in [5, 5.41) is 3.56. The van der Waals surface area contributed by atoms with Crippen molar-refractivity contribution in [2.75, 3.05) is 11.1 Å². The number of aromatic nitrogens is 2. The number of nitrogens with two attached hydrogens (primary N) is 1. The molecule has 0 bridgehead atoms. The molecule has 1 aromatic heterocycles. The summed E-state index contributed by atoms with van der Waals surface area (Å²) in [6.45, 7) is 0. The number of nitrogen functional groups attached to an aromatic ring is 1. The lowest BCUT2D eigenvalue weighted by Crippen LogP contribution is -2.10. The normalized spacial score (nSPS) is 17.3. The van der Waals surface area contributed by atoms with Crippen LogP contribution in [-0.4, -0.2) is 9.97 Å². The molecule has 3 N–H and O–H groups in total. The number of hydrogen-bond donors (Lipinski definition) is 2. The zero-order chi connectivity index (χ0) is 13.4. The van der Waals surface area contributed by atoms with Crippen LogP contribution in [0.1, 0.15) is 23.6 Å². The minimum atomic E-state index is -0.205. The van der Waals surface area contributed by atoms with Crippen LogP contribution in [0.3, 0.4) is 0 Å². The van der Waals surface area contributed by atoms with Crippen molar-refractivity contribution in [3.8, 4) is 0 Å². The van der Waals surface area contributed by atoms with Crippen molar-refractivity contribution in [1.82, 2.24) is 9.97 Å². The molecular formula is C13H12ClFN4. The molecule has 0 saturated heterocycles. The number of hydrogen-bond acceptors (Lipinski definition) is 4. The van der Waals surface area contributed by atoms with Crippen LogP contribution in [0.15, 0.2) is 24.5 Å². The van der Waals surface area contributed by atoms with Gasteiger partial charge in [-0.2, -0.15) is 0 Å². The number of fused-ring (bicyclic) bond motifs is 1. The number of rotatable bonds is 2. The average molecular weight is 279 g/mol. The van der Waals surface area contributed by atoms with Crippen LogP contribution in [-0.2, 0) is 6.42 Å². The van der Waals surface area contributed by atoms with Crippen molar-refractivity contribution < 1.29 is 4.39 Å². The van der Waals surface area contributed by atoms with Crippen LogP contribution in [0.5, 0.6) is 0 Å². The Hall–Kier alpha value is -1.88. The summed E-state index contributed by atoms with van der Waals surface area (Å²) in [7, 11) is 0. The number of benzene rings is 1. The minimum Gasteiger partial charge on any atom is -0.382 e. The van der Waals surface area contributed by atoms with Gasteiger partial charge in [0.1, 0.15) is 23.0 Å². The molecular weight excluding hydrogens is 267 g/mol. The van der Waals surface area contributed by atoms with Crippen LogP contribution in [0.25, 0.3) is 0 Å². The van der Waals surface area contributed by atoms with Crippen LogP contribution in [0.2, 0.25) is 5.02 Å². The first kappa shape index (κ1) is 12.2. The lowest BCUT2D eigenvalue weighted by Gasteiger charge is -2.15. The molecule has 0 fully saturated rings. The predicted octanol–water partition coefficient (Wildman–Crippen LogP) is 2.95. The van der Waals surface area contributed by atoms with Gasteiger partial charge in [-0.15, -0.1) is 0 Å². The first-order valence-corrected chi connectivity index (χ1v) is 6.34. The van der Waals surface area contributed by atoms with E-state index in [0.29, 0.717) is 10.8 Å². The van der Waals surface area contributed by atoms with Gasteiger partial charge in [0.15, 0.2) is 5.82 Å². The van der Waals surface area contributed by atoms with Gasteiger partial charge in [0.2, 0.25) is 0 Å². The number of nitrogens with one attached hydrogen (secondary N) is 1. The highest BCUT2D eigenvalue weighted by molar-refractivity contribution is 6.35. The summed E-state index contributed by atoms with van der Waals surface area (Å²) in [4.78, 5) is 7.90. The van der Waals surface area contributed by atoms with Crippen LogP contribution in [0.4, 0.5) is 16.0 Å². The Labute approximate surface area is 114 Å². The van der Waals surface area contributed by atoms with Crippen LogP contribution in [0, 0.1) is 5.82 Å². The van der Waals surface area contributed by atoms with Crippen molar-refractivity contribution in [2.45, 2.75) is 18.9 Å². The zero-order valence-electron chi connectivity index (χ0n) is 10.0. The molecule has 6 heteroatoms. The van der Waals surface area contributed by atoms with E-state index in [-0.39, 0.29) is 17.7 Å². The fraction of sp³-hybridized carbons (Fsp3) is 0.231. The molecule has 0 saturated carbocycles. The molecule has 3 rings (SSSR count). The quantitative estimate of drug-likeness (QED) is 0.886. The molecule has 1 heterocycles. The fourth-order valence-corrected chi connectivity index (χ4v) is 2.54. The second-order valence-electron chi connectivity index (χ2n) is 4.50. The molecule has 4 nitrogen and oxygen atoms in total. The maximum Gasteiger partial charge on any atom is 0.150 e. The van der Waals surface area contributed by atoms with E-state index in [4.69, 9.17) is 17.3 Å². The Kier molecular flexibility index (Phi) is 2.98. The third-order valence-corrected chi connectivity index (χ3v) is 3.68. The predicted molar refractivity (Wildman–Crippen MR) is 72.5 cm³/mol. The Morgan fingerprint density at radius 3 is 3.05 bits per heavy atom. The molecule has 2 aromatic rings. The number of aryl methyl sites for hydroxylation is 1. The van der Waals surface area contributed by atoms with Gasteiger partial charge in [-0.3, -0.25) is 0 Å². The zero-order valence-corrected chi connectivity index (χ0v) is 10.8. The van der Waals surface area contributed by atoms with Crippen LogP contribution >= 0.6 is 11.6 Å². The molecule has 1 aromatic carbocycles. The molecule has 0 spiro atoms. The van der Waals surface area contributed by atoms with Gasteiger partial charge in [0.05, 0.1) is 6.04 Å². The van der Waals surface area contributed by atoms with E-state index in [9.17, 15) is 4.39 Å². The van der Waals surface area contributed by atoms with Gasteiger partial charge >= 0.3 is 0 Å². The highest BCUT2D eigenvalue weighted by atomic mass is 35.5. The van der Waals surface area contributed by atoms with Crippen LogP contribution < -0.4 is 11.1 Å². The third kappa shape index (κ3) is 2.21. The minimum absolute atomic E-state index is 0.0717. The Morgan fingerprint density at radius 1 is 1.37 bits per heavy atom. The fourth-order valence-electron chi connectivity index (χ4n) is 2.39. The third-order valence-electron chi connectivity index (χ3n) is 3.31. The van der Waals surface area contributed by atoms with Crippen molar-refractivity contribution >= 4 is 23.2 Å². The first-order valence-electron chi connectivity index (χ1n) is 5.96. The van der Waals surface area contributed by atoms with Crippen molar-refractivity contribution in [3.63, 3.8) is 0 Å². The van der Waals surface area contributed by atoms with Gasteiger partial charge in [-0.25, -0.2) is 14.4 Å². The largest absolute Gasteiger partial charge is 0.382 e.